The van der Waals surface area contributed by atoms with Crippen molar-refractivity contribution >= 4 is 29.0 Å². The molecule has 0 aliphatic carbocycles. The highest BCUT2D eigenvalue weighted by Crippen LogP contribution is 2.31. The standard InChI is InChI=1S/C15H18BNO2/c1-15(2,3)14-18-16(19-14)11-8-7-10-5-4-6-13(17)12(10)9-11/h4-9,14H,17H2,1-3H3. The number of rotatable bonds is 1. The Labute approximate surface area is 113 Å². The van der Waals surface area contributed by atoms with Crippen molar-refractivity contribution in [1.29, 1.82) is 0 Å². The van der Waals surface area contributed by atoms with Gasteiger partial charge in [-0.15, -0.1) is 0 Å². The second-order valence-electron chi connectivity index (χ2n) is 6.13. The second-order valence-corrected chi connectivity index (χ2v) is 6.13. The molecule has 98 valence electrons. The normalized spacial score (nSPS) is 16.7. The third-order valence-corrected chi connectivity index (χ3v) is 3.41. The quantitative estimate of drug-likeness (QED) is 0.629. The summed E-state index contributed by atoms with van der Waals surface area (Å²) in [6.45, 7) is 6.31. The molecule has 1 fully saturated rings. The zero-order valence-electron chi connectivity index (χ0n) is 11.5. The molecule has 2 N–H and O–H groups in total. The van der Waals surface area contributed by atoms with Crippen molar-refractivity contribution in [2.75, 3.05) is 5.73 Å². The fraction of sp³-hybridized carbons (Fsp3) is 0.333. The second kappa shape index (κ2) is 4.25. The molecule has 0 saturated carbocycles. The van der Waals surface area contributed by atoms with Crippen LogP contribution in [0.15, 0.2) is 36.4 Å². The lowest BCUT2D eigenvalue weighted by molar-refractivity contribution is -0.167. The van der Waals surface area contributed by atoms with Crippen LogP contribution < -0.4 is 11.2 Å². The van der Waals surface area contributed by atoms with E-state index in [9.17, 15) is 0 Å². The van der Waals surface area contributed by atoms with Crippen molar-refractivity contribution in [3.63, 3.8) is 0 Å². The summed E-state index contributed by atoms with van der Waals surface area (Å²) in [6, 6.07) is 12.1. The van der Waals surface area contributed by atoms with Crippen LogP contribution >= 0.6 is 0 Å². The highest BCUT2D eigenvalue weighted by Gasteiger charge is 2.44. The minimum atomic E-state index is -0.270. The molecule has 2 aromatic carbocycles. The van der Waals surface area contributed by atoms with Gasteiger partial charge in [0.2, 0.25) is 0 Å². The first kappa shape index (κ1) is 12.5. The molecule has 1 saturated heterocycles. The van der Waals surface area contributed by atoms with Crippen LogP contribution in [0.4, 0.5) is 5.69 Å². The highest BCUT2D eigenvalue weighted by molar-refractivity contribution is 6.63. The number of hydrogen-bond acceptors (Lipinski definition) is 3. The van der Waals surface area contributed by atoms with Crippen LogP contribution in [0.3, 0.4) is 0 Å². The average molecular weight is 255 g/mol. The van der Waals surface area contributed by atoms with Gasteiger partial charge in [-0.2, -0.15) is 0 Å². The van der Waals surface area contributed by atoms with E-state index in [0.717, 1.165) is 21.9 Å². The molecular formula is C15H18BNO2. The summed E-state index contributed by atoms with van der Waals surface area (Å²) in [5, 5.41) is 2.18. The summed E-state index contributed by atoms with van der Waals surface area (Å²) in [5.41, 5.74) is 7.81. The lowest BCUT2D eigenvalue weighted by atomic mass is 9.73. The maximum Gasteiger partial charge on any atom is 0.497 e. The molecule has 1 aliphatic rings. The Balaban J connectivity index is 1.86. The van der Waals surface area contributed by atoms with E-state index in [4.69, 9.17) is 15.0 Å². The molecule has 0 aromatic heterocycles. The Bertz CT molecular complexity index is 615. The van der Waals surface area contributed by atoms with E-state index in [-0.39, 0.29) is 18.8 Å². The molecule has 0 bridgehead atoms. The number of hydrogen-bond donors (Lipinski definition) is 1. The van der Waals surface area contributed by atoms with E-state index in [0.29, 0.717) is 0 Å². The third kappa shape index (κ3) is 2.22. The van der Waals surface area contributed by atoms with E-state index < -0.39 is 0 Å². The molecule has 19 heavy (non-hydrogen) atoms. The monoisotopic (exact) mass is 255 g/mol. The van der Waals surface area contributed by atoms with Crippen LogP contribution in [0.2, 0.25) is 0 Å². The minimum Gasteiger partial charge on any atom is -0.398 e. The number of nitrogens with two attached hydrogens (primary N) is 1. The Morgan fingerprint density at radius 2 is 1.84 bits per heavy atom. The zero-order chi connectivity index (χ0) is 13.6. The van der Waals surface area contributed by atoms with Gasteiger partial charge in [0, 0.05) is 16.5 Å². The summed E-state index contributed by atoms with van der Waals surface area (Å²) >= 11 is 0. The first-order valence-corrected chi connectivity index (χ1v) is 6.54. The molecule has 1 heterocycles. The molecule has 0 radical (unpaired) electrons. The molecule has 1 aliphatic heterocycles. The first-order valence-electron chi connectivity index (χ1n) is 6.54. The van der Waals surface area contributed by atoms with Crippen LogP contribution in [0.25, 0.3) is 10.8 Å². The van der Waals surface area contributed by atoms with E-state index in [1.165, 1.54) is 0 Å². The summed E-state index contributed by atoms with van der Waals surface area (Å²) in [4.78, 5) is 0. The molecule has 4 heteroatoms. The van der Waals surface area contributed by atoms with Gasteiger partial charge in [-0.3, -0.25) is 0 Å². The van der Waals surface area contributed by atoms with Gasteiger partial charge in [0.15, 0.2) is 0 Å². The van der Waals surface area contributed by atoms with E-state index in [1.807, 2.05) is 24.3 Å². The Hall–Kier alpha value is -1.52. The maximum absolute atomic E-state index is 6.00. The molecule has 0 spiro atoms. The van der Waals surface area contributed by atoms with Crippen LogP contribution in [-0.4, -0.2) is 13.4 Å². The number of nitrogen functional groups attached to an aromatic ring is 1. The lowest BCUT2D eigenvalue weighted by Gasteiger charge is -2.42. The van der Waals surface area contributed by atoms with Gasteiger partial charge >= 0.3 is 7.12 Å². The summed E-state index contributed by atoms with van der Waals surface area (Å²) in [6.07, 6.45) is -0.138. The van der Waals surface area contributed by atoms with Gasteiger partial charge in [-0.25, -0.2) is 0 Å². The number of fused-ring (bicyclic) bond motifs is 1. The topological polar surface area (TPSA) is 44.5 Å². The number of anilines is 1. The molecule has 3 nitrogen and oxygen atoms in total. The van der Waals surface area contributed by atoms with E-state index in [1.54, 1.807) is 0 Å². The fourth-order valence-electron chi connectivity index (χ4n) is 2.26. The van der Waals surface area contributed by atoms with Gasteiger partial charge in [0.05, 0.1) is 0 Å². The number of benzene rings is 2. The van der Waals surface area contributed by atoms with E-state index >= 15 is 0 Å². The Kier molecular flexibility index (Phi) is 2.80. The summed E-state index contributed by atoms with van der Waals surface area (Å²) in [5.74, 6) is 0. The van der Waals surface area contributed by atoms with Gasteiger partial charge in [0.1, 0.15) is 6.29 Å². The zero-order valence-corrected chi connectivity index (χ0v) is 11.5. The molecule has 2 aromatic rings. The minimum absolute atomic E-state index is 0.00633. The average Bonchev–Trinajstić information content (AvgIpc) is 2.26. The molecular weight excluding hydrogens is 237 g/mol. The van der Waals surface area contributed by atoms with Gasteiger partial charge in [-0.1, -0.05) is 51.1 Å². The molecule has 3 rings (SSSR count). The highest BCUT2D eigenvalue weighted by atomic mass is 16.8. The van der Waals surface area contributed by atoms with Crippen molar-refractivity contribution in [2.24, 2.45) is 5.41 Å². The van der Waals surface area contributed by atoms with Crippen LogP contribution in [0.5, 0.6) is 0 Å². The summed E-state index contributed by atoms with van der Waals surface area (Å²) < 4.78 is 11.6. The summed E-state index contributed by atoms with van der Waals surface area (Å²) in [7, 11) is -0.270. The Morgan fingerprint density at radius 3 is 2.53 bits per heavy atom. The fourth-order valence-corrected chi connectivity index (χ4v) is 2.26. The Morgan fingerprint density at radius 1 is 1.11 bits per heavy atom. The largest absolute Gasteiger partial charge is 0.497 e. The van der Waals surface area contributed by atoms with Crippen molar-refractivity contribution in [1.82, 2.24) is 0 Å². The SMILES string of the molecule is CC(C)(C)C1OB(c2ccc3cccc(N)c3c2)O1. The van der Waals surface area contributed by atoms with Crippen LogP contribution in [0.1, 0.15) is 20.8 Å². The molecule has 0 unspecified atom stereocenters. The van der Waals surface area contributed by atoms with Crippen LogP contribution in [0, 0.1) is 5.41 Å². The van der Waals surface area contributed by atoms with Gasteiger partial charge < -0.3 is 15.0 Å². The predicted octanol–water partition coefficient (Wildman–Crippen LogP) is 2.54. The van der Waals surface area contributed by atoms with Gasteiger partial charge in [0.25, 0.3) is 0 Å². The van der Waals surface area contributed by atoms with Crippen molar-refractivity contribution in [2.45, 2.75) is 27.1 Å². The maximum atomic E-state index is 6.00. The van der Waals surface area contributed by atoms with Crippen molar-refractivity contribution in [3.05, 3.63) is 36.4 Å². The van der Waals surface area contributed by atoms with Crippen LogP contribution in [-0.2, 0) is 9.31 Å². The van der Waals surface area contributed by atoms with Gasteiger partial charge in [-0.05, 0) is 16.9 Å². The van der Waals surface area contributed by atoms with E-state index in [2.05, 4.69) is 32.9 Å². The molecule has 0 amide bonds. The lowest BCUT2D eigenvalue weighted by Crippen LogP contribution is -2.57. The predicted molar refractivity (Wildman–Crippen MR) is 79.2 cm³/mol. The first-order chi connectivity index (χ1) is 8.95. The third-order valence-electron chi connectivity index (χ3n) is 3.41. The molecule has 0 atom stereocenters. The smallest absolute Gasteiger partial charge is 0.398 e. The van der Waals surface area contributed by atoms with Crippen molar-refractivity contribution in [3.8, 4) is 0 Å². The van der Waals surface area contributed by atoms with Crippen molar-refractivity contribution < 1.29 is 9.31 Å².